The first-order chi connectivity index (χ1) is 14.7. The summed E-state index contributed by atoms with van der Waals surface area (Å²) in [6.07, 6.45) is 4.79. The highest BCUT2D eigenvalue weighted by Gasteiger charge is 2.17. The van der Waals surface area contributed by atoms with Crippen molar-refractivity contribution in [3.05, 3.63) is 63.7 Å². The molecule has 0 bridgehead atoms. The van der Waals surface area contributed by atoms with Crippen LogP contribution in [0.2, 0.25) is 0 Å². The zero-order valence-corrected chi connectivity index (χ0v) is 19.5. The number of benzene rings is 2. The minimum atomic E-state index is -0.118. The van der Waals surface area contributed by atoms with E-state index in [0.717, 1.165) is 35.2 Å². The second-order valence-electron chi connectivity index (χ2n) is 9.02. The fourth-order valence-corrected chi connectivity index (χ4v) is 4.50. The molecule has 5 heteroatoms. The third kappa shape index (κ3) is 6.17. The number of aryl methyl sites for hydroxylation is 5. The quantitative estimate of drug-likeness (QED) is 0.703. The Hall–Kier alpha value is -2.66. The van der Waals surface area contributed by atoms with E-state index < -0.39 is 0 Å². The minimum Gasteiger partial charge on any atom is -0.348 e. The molecule has 2 N–H and O–H groups in total. The summed E-state index contributed by atoms with van der Waals surface area (Å²) < 4.78 is 0. The maximum Gasteiger partial charge on any atom is 0.238 e. The van der Waals surface area contributed by atoms with Crippen LogP contribution in [0.1, 0.15) is 59.2 Å². The predicted molar refractivity (Wildman–Crippen MR) is 126 cm³/mol. The van der Waals surface area contributed by atoms with Crippen molar-refractivity contribution in [2.45, 2.75) is 59.4 Å². The molecule has 0 fully saturated rings. The molecular formula is C26H35N3O2. The molecule has 1 aliphatic carbocycles. The van der Waals surface area contributed by atoms with Crippen molar-refractivity contribution < 1.29 is 9.59 Å². The average molecular weight is 422 g/mol. The molecule has 0 unspecified atom stereocenters. The lowest BCUT2D eigenvalue weighted by molar-refractivity contribution is -0.123. The van der Waals surface area contributed by atoms with Crippen LogP contribution in [0.15, 0.2) is 30.3 Å². The molecule has 0 aromatic heterocycles. The number of amides is 2. The van der Waals surface area contributed by atoms with Gasteiger partial charge in [-0.1, -0.05) is 35.9 Å². The van der Waals surface area contributed by atoms with E-state index in [4.69, 9.17) is 0 Å². The van der Waals surface area contributed by atoms with Crippen LogP contribution in [-0.2, 0) is 22.4 Å². The third-order valence-corrected chi connectivity index (χ3v) is 6.02. The van der Waals surface area contributed by atoms with Crippen molar-refractivity contribution in [3.63, 3.8) is 0 Å². The van der Waals surface area contributed by atoms with Crippen LogP contribution < -0.4 is 10.6 Å². The average Bonchev–Trinajstić information content (AvgIpc) is 2.70. The Morgan fingerprint density at radius 3 is 2.23 bits per heavy atom. The number of anilines is 1. The molecule has 2 aromatic rings. The van der Waals surface area contributed by atoms with Gasteiger partial charge in [0.1, 0.15) is 0 Å². The Balaban J connectivity index is 1.50. The van der Waals surface area contributed by atoms with E-state index in [1.54, 1.807) is 11.9 Å². The van der Waals surface area contributed by atoms with E-state index in [0.29, 0.717) is 0 Å². The molecule has 1 atom stereocenters. The summed E-state index contributed by atoms with van der Waals surface area (Å²) in [5, 5.41) is 6.06. The number of rotatable bonds is 7. The van der Waals surface area contributed by atoms with Crippen molar-refractivity contribution in [1.29, 1.82) is 0 Å². The van der Waals surface area contributed by atoms with Gasteiger partial charge in [0.05, 0.1) is 19.1 Å². The van der Waals surface area contributed by atoms with E-state index in [1.807, 2.05) is 27.7 Å². The monoisotopic (exact) mass is 421 g/mol. The number of nitrogens with one attached hydrogen (secondary N) is 2. The lowest BCUT2D eigenvalue weighted by atomic mass is 9.89. The SMILES string of the molecule is Cc1cc(C)c(NC(=O)CN(C)CC(=O)N[C@@H](C)c2ccc3c(c2)CCCC3)c(C)c1. The second-order valence-corrected chi connectivity index (χ2v) is 9.02. The zero-order chi connectivity index (χ0) is 22.5. The lowest BCUT2D eigenvalue weighted by Crippen LogP contribution is -2.39. The van der Waals surface area contributed by atoms with Gasteiger partial charge in [0.15, 0.2) is 0 Å². The molecule has 0 spiro atoms. The first-order valence-corrected chi connectivity index (χ1v) is 11.2. The third-order valence-electron chi connectivity index (χ3n) is 6.02. The van der Waals surface area contributed by atoms with Crippen LogP contribution in [0.4, 0.5) is 5.69 Å². The molecule has 0 saturated heterocycles. The van der Waals surface area contributed by atoms with E-state index in [1.165, 1.54) is 29.5 Å². The van der Waals surface area contributed by atoms with E-state index >= 15 is 0 Å². The smallest absolute Gasteiger partial charge is 0.238 e. The molecule has 0 aliphatic heterocycles. The van der Waals surface area contributed by atoms with Crippen LogP contribution in [0.3, 0.4) is 0 Å². The van der Waals surface area contributed by atoms with Gasteiger partial charge in [0.2, 0.25) is 11.8 Å². The van der Waals surface area contributed by atoms with Gasteiger partial charge >= 0.3 is 0 Å². The van der Waals surface area contributed by atoms with Gasteiger partial charge in [-0.25, -0.2) is 0 Å². The first-order valence-electron chi connectivity index (χ1n) is 11.2. The summed E-state index contributed by atoms with van der Waals surface area (Å²) in [5.41, 5.74) is 8.12. The summed E-state index contributed by atoms with van der Waals surface area (Å²) in [7, 11) is 1.79. The predicted octanol–water partition coefficient (Wildman–Crippen LogP) is 4.24. The summed E-state index contributed by atoms with van der Waals surface area (Å²) in [4.78, 5) is 26.8. The molecular weight excluding hydrogens is 386 g/mol. The van der Waals surface area contributed by atoms with E-state index in [9.17, 15) is 9.59 Å². The number of nitrogens with zero attached hydrogens (tertiary/aromatic N) is 1. The Kier molecular flexibility index (Phi) is 7.50. The molecule has 31 heavy (non-hydrogen) atoms. The summed E-state index contributed by atoms with van der Waals surface area (Å²) in [6, 6.07) is 10.6. The van der Waals surface area contributed by atoms with Gasteiger partial charge in [-0.15, -0.1) is 0 Å². The van der Waals surface area contributed by atoms with Crippen LogP contribution in [0.25, 0.3) is 0 Å². The van der Waals surface area contributed by atoms with Crippen molar-refractivity contribution in [2.24, 2.45) is 0 Å². The Morgan fingerprint density at radius 2 is 1.55 bits per heavy atom. The summed E-state index contributed by atoms with van der Waals surface area (Å²) >= 11 is 0. The standard InChI is InChI=1S/C26H35N3O2/c1-17-12-18(2)26(19(3)13-17)28-25(31)16-29(5)15-24(30)27-20(4)22-11-10-21-8-6-7-9-23(21)14-22/h10-14,20H,6-9,15-16H2,1-5H3,(H,27,30)(H,28,31)/t20-/m0/s1. The van der Waals surface area contributed by atoms with Crippen molar-refractivity contribution in [1.82, 2.24) is 10.2 Å². The second kappa shape index (κ2) is 10.1. The number of carbonyl (C=O) groups is 2. The molecule has 1 aliphatic rings. The van der Waals surface area contributed by atoms with Crippen molar-refractivity contribution in [2.75, 3.05) is 25.5 Å². The van der Waals surface area contributed by atoms with Gasteiger partial charge in [0, 0.05) is 5.69 Å². The number of hydrogen-bond acceptors (Lipinski definition) is 3. The fourth-order valence-electron chi connectivity index (χ4n) is 4.50. The maximum atomic E-state index is 12.5. The number of fused-ring (bicyclic) bond motifs is 1. The molecule has 2 aromatic carbocycles. The van der Waals surface area contributed by atoms with Crippen LogP contribution in [0.5, 0.6) is 0 Å². The van der Waals surface area contributed by atoms with Gasteiger partial charge in [0.25, 0.3) is 0 Å². The lowest BCUT2D eigenvalue weighted by Gasteiger charge is -2.22. The summed E-state index contributed by atoms with van der Waals surface area (Å²) in [5.74, 6) is -0.198. The highest BCUT2D eigenvalue weighted by molar-refractivity contribution is 5.94. The highest BCUT2D eigenvalue weighted by Crippen LogP contribution is 2.25. The summed E-state index contributed by atoms with van der Waals surface area (Å²) in [6.45, 7) is 8.38. The normalized spacial score (nSPS) is 14.1. The number of likely N-dealkylation sites (N-methyl/N-ethyl adjacent to an activating group) is 1. The van der Waals surface area contributed by atoms with Gasteiger partial charge in [-0.2, -0.15) is 0 Å². The van der Waals surface area contributed by atoms with Crippen LogP contribution in [0, 0.1) is 20.8 Å². The van der Waals surface area contributed by atoms with E-state index in [2.05, 4.69) is 41.0 Å². The molecule has 3 rings (SSSR count). The van der Waals surface area contributed by atoms with Gasteiger partial charge < -0.3 is 10.6 Å². The molecule has 2 amide bonds. The Morgan fingerprint density at radius 1 is 0.935 bits per heavy atom. The van der Waals surface area contributed by atoms with E-state index in [-0.39, 0.29) is 30.9 Å². The highest BCUT2D eigenvalue weighted by atomic mass is 16.2. The largest absolute Gasteiger partial charge is 0.348 e. The van der Waals surface area contributed by atoms with Crippen molar-refractivity contribution in [3.8, 4) is 0 Å². The molecule has 166 valence electrons. The van der Waals surface area contributed by atoms with Gasteiger partial charge in [-0.3, -0.25) is 14.5 Å². The minimum absolute atomic E-state index is 0.0557. The topological polar surface area (TPSA) is 61.4 Å². The Labute approximate surface area is 186 Å². The number of carbonyl (C=O) groups excluding carboxylic acids is 2. The molecule has 5 nitrogen and oxygen atoms in total. The van der Waals surface area contributed by atoms with Gasteiger partial charge in [-0.05, 0) is 88.2 Å². The Bertz CT molecular complexity index is 944. The zero-order valence-electron chi connectivity index (χ0n) is 19.5. The van der Waals surface area contributed by atoms with Crippen molar-refractivity contribution >= 4 is 17.5 Å². The number of hydrogen-bond donors (Lipinski definition) is 2. The molecule has 0 radical (unpaired) electrons. The van der Waals surface area contributed by atoms with Crippen LogP contribution in [-0.4, -0.2) is 36.9 Å². The molecule has 0 heterocycles. The first kappa shape index (κ1) is 23.0. The fraction of sp³-hybridized carbons (Fsp3) is 0.462. The molecule has 0 saturated carbocycles. The maximum absolute atomic E-state index is 12.5. The van der Waals surface area contributed by atoms with Crippen LogP contribution >= 0.6 is 0 Å².